The molecule has 1 atom stereocenters. The summed E-state index contributed by atoms with van der Waals surface area (Å²) >= 11 is 5.94. The molecule has 3 heteroatoms. The molecule has 0 fully saturated rings. The lowest BCUT2D eigenvalue weighted by atomic mass is 10.1. The molecule has 0 amide bonds. The number of para-hydroxylation sites is 1. The summed E-state index contributed by atoms with van der Waals surface area (Å²) in [4.78, 5) is 0. The van der Waals surface area contributed by atoms with E-state index in [1.165, 1.54) is 5.56 Å². The predicted octanol–water partition coefficient (Wildman–Crippen LogP) is 4.95. The van der Waals surface area contributed by atoms with E-state index in [9.17, 15) is 5.11 Å². The fourth-order valence-electron chi connectivity index (χ4n) is 2.74. The van der Waals surface area contributed by atoms with Crippen molar-refractivity contribution in [3.8, 4) is 0 Å². The van der Waals surface area contributed by atoms with Gasteiger partial charge >= 0.3 is 0 Å². The number of benzene rings is 2. The van der Waals surface area contributed by atoms with Gasteiger partial charge in [0.2, 0.25) is 0 Å². The van der Waals surface area contributed by atoms with Crippen molar-refractivity contribution < 1.29 is 5.11 Å². The highest BCUT2D eigenvalue weighted by atomic mass is 35.5. The summed E-state index contributed by atoms with van der Waals surface area (Å²) in [6.45, 7) is 4.46. The van der Waals surface area contributed by atoms with Crippen molar-refractivity contribution in [3.63, 3.8) is 0 Å². The van der Waals surface area contributed by atoms with Gasteiger partial charge in [0.15, 0.2) is 0 Å². The summed E-state index contributed by atoms with van der Waals surface area (Å²) in [5.41, 5.74) is 3.25. The molecule has 112 valence electrons. The third-order valence-electron chi connectivity index (χ3n) is 3.83. The molecule has 0 saturated heterocycles. The second-order valence-corrected chi connectivity index (χ2v) is 5.83. The topological polar surface area (TPSA) is 25.2 Å². The number of fused-ring (bicyclic) bond motifs is 1. The van der Waals surface area contributed by atoms with E-state index >= 15 is 0 Å². The highest BCUT2D eigenvalue weighted by Gasteiger charge is 2.14. The van der Waals surface area contributed by atoms with E-state index < -0.39 is 6.10 Å². The van der Waals surface area contributed by atoms with E-state index in [1.54, 1.807) is 6.08 Å². The maximum Gasteiger partial charge on any atom is 0.0845 e. The highest BCUT2D eigenvalue weighted by Crippen LogP contribution is 2.29. The van der Waals surface area contributed by atoms with Crippen LogP contribution in [0.15, 0.2) is 67.4 Å². The lowest BCUT2D eigenvalue weighted by molar-refractivity contribution is 0.183. The summed E-state index contributed by atoms with van der Waals surface area (Å²) in [5, 5.41) is 12.2. The van der Waals surface area contributed by atoms with Crippen molar-refractivity contribution >= 4 is 22.5 Å². The zero-order valence-corrected chi connectivity index (χ0v) is 13.0. The van der Waals surface area contributed by atoms with Crippen molar-refractivity contribution in [2.24, 2.45) is 0 Å². The summed E-state index contributed by atoms with van der Waals surface area (Å²) in [5.74, 6) is 0. The molecule has 0 aliphatic rings. The number of hydrogen-bond acceptors (Lipinski definition) is 1. The third kappa shape index (κ3) is 2.94. The summed E-state index contributed by atoms with van der Waals surface area (Å²) < 4.78 is 2.17. The minimum Gasteiger partial charge on any atom is -0.388 e. The van der Waals surface area contributed by atoms with Crippen molar-refractivity contribution in [1.29, 1.82) is 0 Å². The van der Waals surface area contributed by atoms with E-state index in [2.05, 4.69) is 23.3 Å². The highest BCUT2D eigenvalue weighted by molar-refractivity contribution is 6.30. The normalized spacial score (nSPS) is 12.5. The zero-order valence-electron chi connectivity index (χ0n) is 12.2. The maximum absolute atomic E-state index is 10.3. The monoisotopic (exact) mass is 311 g/mol. The number of nitrogens with zero attached hydrogens (tertiary/aromatic N) is 1. The van der Waals surface area contributed by atoms with Gasteiger partial charge in [-0.2, -0.15) is 0 Å². The van der Waals surface area contributed by atoms with E-state index in [0.29, 0.717) is 6.42 Å². The number of halogens is 1. The largest absolute Gasteiger partial charge is 0.388 e. The molecule has 0 radical (unpaired) electrons. The van der Waals surface area contributed by atoms with Crippen LogP contribution in [0.1, 0.15) is 23.7 Å². The molecular formula is C19H18ClNO. The van der Waals surface area contributed by atoms with Crippen LogP contribution in [-0.2, 0) is 6.54 Å². The number of aromatic nitrogens is 1. The average Bonchev–Trinajstić information content (AvgIpc) is 2.89. The zero-order chi connectivity index (χ0) is 15.5. The molecule has 0 aliphatic heterocycles. The lowest BCUT2D eigenvalue weighted by Crippen LogP contribution is -1.98. The van der Waals surface area contributed by atoms with Crippen molar-refractivity contribution in [3.05, 3.63) is 83.5 Å². The van der Waals surface area contributed by atoms with Gasteiger partial charge in [0, 0.05) is 34.2 Å². The Balaban J connectivity index is 2.02. The van der Waals surface area contributed by atoms with E-state index in [-0.39, 0.29) is 0 Å². The van der Waals surface area contributed by atoms with Crippen LogP contribution in [0.5, 0.6) is 0 Å². The van der Waals surface area contributed by atoms with Gasteiger partial charge in [0.25, 0.3) is 0 Å². The van der Waals surface area contributed by atoms with Gasteiger partial charge in [0.1, 0.15) is 0 Å². The van der Waals surface area contributed by atoms with Crippen LogP contribution >= 0.6 is 11.6 Å². The van der Waals surface area contributed by atoms with Crippen LogP contribution in [0.2, 0.25) is 5.02 Å². The van der Waals surface area contributed by atoms with E-state index in [0.717, 1.165) is 28.0 Å². The fourth-order valence-corrected chi connectivity index (χ4v) is 2.87. The Morgan fingerprint density at radius 3 is 2.59 bits per heavy atom. The second-order valence-electron chi connectivity index (χ2n) is 5.40. The molecule has 0 spiro atoms. The van der Waals surface area contributed by atoms with Gasteiger partial charge in [-0.1, -0.05) is 48.0 Å². The fraction of sp³-hybridized carbons (Fsp3) is 0.158. The molecular weight excluding hydrogens is 294 g/mol. The van der Waals surface area contributed by atoms with Crippen molar-refractivity contribution in [2.75, 3.05) is 0 Å². The standard InChI is InChI=1S/C19H18ClNO/c1-2-5-19(22)17-13-21(18-7-4-3-6-16(17)18)12-14-8-10-15(20)11-9-14/h2-4,6-11,13,19,22H,1,5,12H2. The first-order valence-electron chi connectivity index (χ1n) is 7.30. The molecule has 0 saturated carbocycles. The van der Waals surface area contributed by atoms with Gasteiger partial charge in [-0.15, -0.1) is 6.58 Å². The Morgan fingerprint density at radius 1 is 1.14 bits per heavy atom. The summed E-state index contributed by atoms with van der Waals surface area (Å²) in [6, 6.07) is 16.0. The Bertz CT molecular complexity index is 789. The van der Waals surface area contributed by atoms with Crippen LogP contribution in [0, 0.1) is 0 Å². The summed E-state index contributed by atoms with van der Waals surface area (Å²) in [6.07, 6.45) is 3.81. The first-order chi connectivity index (χ1) is 10.7. The Labute approximate surface area is 135 Å². The molecule has 2 nitrogen and oxygen atoms in total. The first-order valence-corrected chi connectivity index (χ1v) is 7.68. The van der Waals surface area contributed by atoms with Crippen LogP contribution in [0.3, 0.4) is 0 Å². The Kier molecular flexibility index (Phi) is 4.32. The molecule has 1 N–H and O–H groups in total. The third-order valence-corrected chi connectivity index (χ3v) is 4.09. The molecule has 0 bridgehead atoms. The van der Waals surface area contributed by atoms with Gasteiger partial charge in [-0.25, -0.2) is 0 Å². The minimum atomic E-state index is -0.520. The Hall–Kier alpha value is -2.03. The number of aliphatic hydroxyl groups is 1. The van der Waals surface area contributed by atoms with Crippen LogP contribution in [0.4, 0.5) is 0 Å². The quantitative estimate of drug-likeness (QED) is 0.662. The van der Waals surface area contributed by atoms with Crippen molar-refractivity contribution in [1.82, 2.24) is 4.57 Å². The average molecular weight is 312 g/mol. The lowest BCUT2D eigenvalue weighted by Gasteiger charge is -2.06. The van der Waals surface area contributed by atoms with Gasteiger partial charge in [0.05, 0.1) is 6.10 Å². The molecule has 1 heterocycles. The van der Waals surface area contributed by atoms with Gasteiger partial charge in [-0.3, -0.25) is 0 Å². The summed E-state index contributed by atoms with van der Waals surface area (Å²) in [7, 11) is 0. The van der Waals surface area contributed by atoms with E-state index in [4.69, 9.17) is 11.6 Å². The van der Waals surface area contributed by atoms with Crippen LogP contribution in [0.25, 0.3) is 10.9 Å². The van der Waals surface area contributed by atoms with Gasteiger partial charge in [-0.05, 0) is 30.2 Å². The van der Waals surface area contributed by atoms with Crippen LogP contribution < -0.4 is 0 Å². The smallest absolute Gasteiger partial charge is 0.0845 e. The van der Waals surface area contributed by atoms with Crippen LogP contribution in [-0.4, -0.2) is 9.67 Å². The van der Waals surface area contributed by atoms with Crippen molar-refractivity contribution in [2.45, 2.75) is 19.1 Å². The molecule has 0 aliphatic carbocycles. The minimum absolute atomic E-state index is 0.520. The number of aliphatic hydroxyl groups excluding tert-OH is 1. The van der Waals surface area contributed by atoms with Gasteiger partial charge < -0.3 is 9.67 Å². The SMILES string of the molecule is C=CCC(O)c1cn(Cc2ccc(Cl)cc2)c2ccccc12. The molecule has 3 rings (SSSR count). The molecule has 3 aromatic rings. The maximum atomic E-state index is 10.3. The second kappa shape index (κ2) is 6.39. The molecule has 22 heavy (non-hydrogen) atoms. The first kappa shape index (κ1) is 14.9. The number of hydrogen-bond donors (Lipinski definition) is 1. The molecule has 2 aromatic carbocycles. The Morgan fingerprint density at radius 2 is 1.86 bits per heavy atom. The molecule has 1 aromatic heterocycles. The van der Waals surface area contributed by atoms with E-state index in [1.807, 2.05) is 42.6 Å². The predicted molar refractivity (Wildman–Crippen MR) is 92.3 cm³/mol. The number of rotatable bonds is 5. The molecule has 1 unspecified atom stereocenters.